The van der Waals surface area contributed by atoms with E-state index in [0.717, 1.165) is 48.7 Å². The third-order valence-electron chi connectivity index (χ3n) is 7.75. The first-order chi connectivity index (χ1) is 19.4. The van der Waals surface area contributed by atoms with Crippen molar-refractivity contribution in [2.24, 2.45) is 0 Å². The maximum Gasteiger partial charge on any atom is 0.435 e. The van der Waals surface area contributed by atoms with Crippen molar-refractivity contribution < 1.29 is 19.1 Å². The number of anilines is 2. The van der Waals surface area contributed by atoms with Gasteiger partial charge in [-0.15, -0.1) is 5.10 Å². The summed E-state index contributed by atoms with van der Waals surface area (Å²) in [5.74, 6) is -0.488. The number of nitrogens with zero attached hydrogens (tertiary/aromatic N) is 5. The Labute approximate surface area is 234 Å². The van der Waals surface area contributed by atoms with Gasteiger partial charge in [0.1, 0.15) is 0 Å². The molecule has 10 heteroatoms. The zero-order chi connectivity index (χ0) is 28.2. The number of carbonyl (C=O) groups is 3. The molecule has 0 aliphatic carbocycles. The van der Waals surface area contributed by atoms with E-state index in [1.54, 1.807) is 24.0 Å². The molecular weight excluding hydrogens is 508 g/mol. The molecule has 1 atom stereocenters. The van der Waals surface area contributed by atoms with E-state index in [1.165, 1.54) is 0 Å². The van der Waals surface area contributed by atoms with E-state index in [1.807, 2.05) is 49.4 Å². The summed E-state index contributed by atoms with van der Waals surface area (Å²) in [5.41, 5.74) is 3.67. The van der Waals surface area contributed by atoms with Crippen molar-refractivity contribution in [3.05, 3.63) is 77.0 Å². The third-order valence-corrected chi connectivity index (χ3v) is 7.75. The van der Waals surface area contributed by atoms with Gasteiger partial charge in [0.2, 0.25) is 5.91 Å². The van der Waals surface area contributed by atoms with Crippen LogP contribution in [0.3, 0.4) is 0 Å². The van der Waals surface area contributed by atoms with Gasteiger partial charge in [0.05, 0.1) is 31.3 Å². The Morgan fingerprint density at radius 1 is 0.950 bits per heavy atom. The minimum Gasteiger partial charge on any atom is -0.448 e. The molecule has 10 nitrogen and oxygen atoms in total. The van der Waals surface area contributed by atoms with Crippen molar-refractivity contribution in [1.29, 1.82) is 0 Å². The minimum atomic E-state index is -0.642. The van der Waals surface area contributed by atoms with E-state index in [2.05, 4.69) is 27.1 Å². The molecule has 3 aromatic rings. The maximum atomic E-state index is 13.4. The molecule has 1 saturated heterocycles. The second kappa shape index (κ2) is 11.9. The maximum absolute atomic E-state index is 13.4. The van der Waals surface area contributed by atoms with Gasteiger partial charge in [-0.3, -0.25) is 9.59 Å². The molecule has 0 spiro atoms. The normalized spacial score (nSPS) is 16.0. The van der Waals surface area contributed by atoms with Crippen molar-refractivity contribution >= 4 is 29.4 Å². The molecule has 0 radical (unpaired) electrons. The molecule has 5 rings (SSSR count). The van der Waals surface area contributed by atoms with Gasteiger partial charge in [-0.25, -0.2) is 4.79 Å². The van der Waals surface area contributed by atoms with E-state index in [0.29, 0.717) is 16.8 Å². The van der Waals surface area contributed by atoms with Gasteiger partial charge in [-0.05, 0) is 50.2 Å². The van der Waals surface area contributed by atoms with Crippen LogP contribution in [0.1, 0.15) is 53.9 Å². The summed E-state index contributed by atoms with van der Waals surface area (Å²) in [5, 5.41) is 7.25. The molecule has 3 heterocycles. The topological polar surface area (TPSA) is 100 Å². The van der Waals surface area contributed by atoms with E-state index < -0.39 is 6.09 Å². The molecule has 1 fully saturated rings. The Balaban J connectivity index is 1.32. The Morgan fingerprint density at radius 2 is 1.65 bits per heavy atom. The summed E-state index contributed by atoms with van der Waals surface area (Å²) in [4.78, 5) is 45.7. The summed E-state index contributed by atoms with van der Waals surface area (Å²) in [6.45, 7) is 11.4. The van der Waals surface area contributed by atoms with Gasteiger partial charge in [0.25, 0.3) is 5.91 Å². The highest BCUT2D eigenvalue weighted by atomic mass is 16.6. The molecule has 2 aliphatic heterocycles. The number of rotatable bonds is 7. The van der Waals surface area contributed by atoms with Gasteiger partial charge in [-0.2, -0.15) is 4.68 Å². The van der Waals surface area contributed by atoms with Crippen LogP contribution in [0.4, 0.5) is 16.3 Å². The molecule has 40 heavy (non-hydrogen) atoms. The Hall–Kier alpha value is -4.18. The van der Waals surface area contributed by atoms with Gasteiger partial charge in [0, 0.05) is 43.0 Å². The number of hydrogen-bond acceptors (Lipinski definition) is 7. The van der Waals surface area contributed by atoms with Crippen molar-refractivity contribution in [3.63, 3.8) is 0 Å². The van der Waals surface area contributed by atoms with Crippen LogP contribution in [0.2, 0.25) is 0 Å². The molecule has 0 saturated carbocycles. The average Bonchev–Trinajstić information content (AvgIpc) is 3.57. The fourth-order valence-electron chi connectivity index (χ4n) is 5.32. The SMILES string of the molecule is CCOC(=O)n1nc(NC(=O)c2ccc(N3CCN(CC)CC3)cc2)c2c1CN(C(=O)[C@H](C)c1ccccc1)C2. The predicted molar refractivity (Wildman–Crippen MR) is 152 cm³/mol. The largest absolute Gasteiger partial charge is 0.448 e. The minimum absolute atomic E-state index is 0.0644. The van der Waals surface area contributed by atoms with Crippen molar-refractivity contribution in [3.8, 4) is 0 Å². The number of aromatic nitrogens is 2. The zero-order valence-corrected chi connectivity index (χ0v) is 23.3. The third kappa shape index (κ3) is 5.58. The van der Waals surface area contributed by atoms with Crippen LogP contribution in [0.5, 0.6) is 0 Å². The molecule has 0 bridgehead atoms. The smallest absolute Gasteiger partial charge is 0.435 e. The second-order valence-corrected chi connectivity index (χ2v) is 10.1. The number of fused-ring (bicyclic) bond motifs is 1. The van der Waals surface area contributed by atoms with E-state index in [-0.39, 0.29) is 43.2 Å². The second-order valence-electron chi connectivity index (χ2n) is 10.1. The fraction of sp³-hybridized carbons (Fsp3) is 0.400. The number of hydrogen-bond donors (Lipinski definition) is 1. The van der Waals surface area contributed by atoms with Crippen LogP contribution in [0.25, 0.3) is 0 Å². The summed E-state index contributed by atoms with van der Waals surface area (Å²) >= 11 is 0. The zero-order valence-electron chi connectivity index (χ0n) is 23.3. The van der Waals surface area contributed by atoms with Crippen LogP contribution in [-0.4, -0.2) is 76.8 Å². The lowest BCUT2D eigenvalue weighted by molar-refractivity contribution is -0.133. The van der Waals surface area contributed by atoms with Crippen molar-refractivity contribution in [1.82, 2.24) is 19.6 Å². The number of ether oxygens (including phenoxy) is 1. The number of piperazine rings is 1. The van der Waals surface area contributed by atoms with Gasteiger partial charge >= 0.3 is 6.09 Å². The van der Waals surface area contributed by atoms with Crippen molar-refractivity contribution in [2.75, 3.05) is 49.5 Å². The first kappa shape index (κ1) is 27.4. The standard InChI is InChI=1S/C30H36N6O4/c1-4-33-15-17-34(18-16-33)24-13-11-23(12-14-24)28(37)31-27-25-19-35(20-26(25)36(32-27)30(39)40-5-2)29(38)21(3)22-9-7-6-8-10-22/h6-14,21H,4-5,15-20H2,1-3H3,(H,31,32,37)/t21-/m1/s1. The Kier molecular flexibility index (Phi) is 8.16. The first-order valence-electron chi connectivity index (χ1n) is 13.9. The summed E-state index contributed by atoms with van der Waals surface area (Å²) in [7, 11) is 0. The molecule has 2 aliphatic rings. The van der Waals surface area contributed by atoms with Gasteiger partial charge < -0.3 is 24.8 Å². The number of likely N-dealkylation sites (N-methyl/N-ethyl adjacent to an activating group) is 1. The predicted octanol–water partition coefficient (Wildman–Crippen LogP) is 3.93. The number of carbonyl (C=O) groups excluding carboxylic acids is 3. The molecule has 2 amide bonds. The molecule has 0 unspecified atom stereocenters. The van der Waals surface area contributed by atoms with Crippen LogP contribution in [-0.2, 0) is 22.6 Å². The molecule has 1 N–H and O–H groups in total. The first-order valence-corrected chi connectivity index (χ1v) is 13.9. The average molecular weight is 545 g/mol. The molecular formula is C30H36N6O4. The lowest BCUT2D eigenvalue weighted by atomic mass is 10.00. The van der Waals surface area contributed by atoms with E-state index in [4.69, 9.17) is 4.74 Å². The number of benzene rings is 2. The lowest BCUT2D eigenvalue weighted by Crippen LogP contribution is -2.46. The Bertz CT molecular complexity index is 1360. The van der Waals surface area contributed by atoms with Crippen LogP contribution in [0.15, 0.2) is 54.6 Å². The van der Waals surface area contributed by atoms with Gasteiger partial charge in [0.15, 0.2) is 5.82 Å². The summed E-state index contributed by atoms with van der Waals surface area (Å²) in [6, 6.07) is 17.1. The number of nitrogens with one attached hydrogen (secondary N) is 1. The quantitative estimate of drug-likeness (QED) is 0.481. The number of amides is 2. The van der Waals surface area contributed by atoms with Crippen LogP contribution < -0.4 is 10.2 Å². The monoisotopic (exact) mass is 544 g/mol. The fourth-order valence-corrected chi connectivity index (χ4v) is 5.32. The van der Waals surface area contributed by atoms with Crippen LogP contribution in [0, 0.1) is 0 Å². The summed E-state index contributed by atoms with van der Waals surface area (Å²) < 4.78 is 6.35. The lowest BCUT2D eigenvalue weighted by Gasteiger charge is -2.35. The Morgan fingerprint density at radius 3 is 2.30 bits per heavy atom. The molecule has 210 valence electrons. The summed E-state index contributed by atoms with van der Waals surface area (Å²) in [6.07, 6.45) is -0.642. The van der Waals surface area contributed by atoms with E-state index in [9.17, 15) is 14.4 Å². The van der Waals surface area contributed by atoms with Gasteiger partial charge in [-0.1, -0.05) is 37.3 Å². The highest BCUT2D eigenvalue weighted by molar-refractivity contribution is 6.04. The highest BCUT2D eigenvalue weighted by Gasteiger charge is 2.35. The van der Waals surface area contributed by atoms with Crippen molar-refractivity contribution in [2.45, 2.75) is 39.8 Å². The molecule has 2 aromatic carbocycles. The molecule has 1 aromatic heterocycles. The van der Waals surface area contributed by atoms with Crippen LogP contribution >= 0.6 is 0 Å². The van der Waals surface area contributed by atoms with E-state index >= 15 is 0 Å². The highest BCUT2D eigenvalue weighted by Crippen LogP contribution is 2.32.